The molecule has 6 nitrogen and oxygen atoms in total. The average Bonchev–Trinajstić information content (AvgIpc) is 2.63. The molecule has 0 aliphatic carbocycles. The van der Waals surface area contributed by atoms with Crippen LogP contribution in [0.5, 0.6) is 11.5 Å². The highest BCUT2D eigenvalue weighted by atomic mass is 16.5. The van der Waals surface area contributed by atoms with Crippen LogP contribution in [0.1, 0.15) is 10.4 Å². The van der Waals surface area contributed by atoms with Crippen molar-refractivity contribution in [2.75, 3.05) is 32.7 Å². The van der Waals surface area contributed by atoms with Crippen molar-refractivity contribution in [3.05, 3.63) is 60.2 Å². The van der Waals surface area contributed by atoms with Gasteiger partial charge in [-0.25, -0.2) is 0 Å². The number of ether oxygens (including phenoxy) is 1. The molecule has 6 heteroatoms. The molecule has 0 bridgehead atoms. The molecule has 2 amide bonds. The third-order valence-electron chi connectivity index (χ3n) is 4.12. The van der Waals surface area contributed by atoms with Gasteiger partial charge < -0.3 is 15.4 Å². The van der Waals surface area contributed by atoms with Gasteiger partial charge in [0.1, 0.15) is 11.5 Å². The van der Waals surface area contributed by atoms with E-state index < -0.39 is 0 Å². The summed E-state index contributed by atoms with van der Waals surface area (Å²) in [5, 5.41) is 0. The van der Waals surface area contributed by atoms with E-state index in [1.807, 2.05) is 35.2 Å². The number of rotatable bonds is 5. The maximum Gasteiger partial charge on any atom is 0.253 e. The Bertz CT molecular complexity index is 723. The van der Waals surface area contributed by atoms with Crippen LogP contribution in [0.2, 0.25) is 0 Å². The fraction of sp³-hybridized carbons (Fsp3) is 0.263. The van der Waals surface area contributed by atoms with E-state index in [1.165, 1.54) is 0 Å². The van der Waals surface area contributed by atoms with Gasteiger partial charge in [-0.1, -0.05) is 18.2 Å². The second-order valence-electron chi connectivity index (χ2n) is 5.97. The van der Waals surface area contributed by atoms with Crippen LogP contribution < -0.4 is 10.5 Å². The number of nitrogens with zero attached hydrogens (tertiary/aromatic N) is 2. The van der Waals surface area contributed by atoms with Crippen LogP contribution in [0.4, 0.5) is 0 Å². The average molecular weight is 339 g/mol. The number of amides is 2. The fourth-order valence-electron chi connectivity index (χ4n) is 2.80. The number of carbonyl (C=O) groups is 2. The van der Waals surface area contributed by atoms with Crippen molar-refractivity contribution in [3.63, 3.8) is 0 Å². The second-order valence-corrected chi connectivity index (χ2v) is 5.97. The minimum atomic E-state index is -0.339. The van der Waals surface area contributed by atoms with E-state index in [4.69, 9.17) is 10.5 Å². The Morgan fingerprint density at radius 1 is 0.880 bits per heavy atom. The lowest BCUT2D eigenvalue weighted by atomic mass is 10.1. The Hall–Kier alpha value is -2.86. The first kappa shape index (κ1) is 17.0. The summed E-state index contributed by atoms with van der Waals surface area (Å²) < 4.78 is 5.73. The highest BCUT2D eigenvalue weighted by Crippen LogP contribution is 2.21. The van der Waals surface area contributed by atoms with Crippen molar-refractivity contribution in [1.82, 2.24) is 9.80 Å². The van der Waals surface area contributed by atoms with Gasteiger partial charge in [-0.15, -0.1) is 0 Å². The summed E-state index contributed by atoms with van der Waals surface area (Å²) in [5.74, 6) is 1.10. The monoisotopic (exact) mass is 339 g/mol. The zero-order valence-electron chi connectivity index (χ0n) is 13.9. The van der Waals surface area contributed by atoms with E-state index in [2.05, 4.69) is 0 Å². The zero-order valence-corrected chi connectivity index (χ0v) is 13.9. The Morgan fingerprint density at radius 3 is 2.08 bits per heavy atom. The second kappa shape index (κ2) is 7.81. The summed E-state index contributed by atoms with van der Waals surface area (Å²) >= 11 is 0. The molecular formula is C19H21N3O3. The van der Waals surface area contributed by atoms with Crippen LogP contribution in [0.25, 0.3) is 0 Å². The van der Waals surface area contributed by atoms with Crippen molar-refractivity contribution in [2.24, 2.45) is 5.73 Å². The molecule has 0 saturated carbocycles. The number of hydrogen-bond donors (Lipinski definition) is 1. The van der Waals surface area contributed by atoms with E-state index in [1.54, 1.807) is 29.2 Å². The number of para-hydroxylation sites is 1. The minimum absolute atomic E-state index is 0.00927. The zero-order chi connectivity index (χ0) is 17.6. The summed E-state index contributed by atoms with van der Waals surface area (Å²) in [4.78, 5) is 27.3. The summed E-state index contributed by atoms with van der Waals surface area (Å²) in [5.41, 5.74) is 5.83. The molecule has 2 N–H and O–H groups in total. The molecule has 0 aromatic heterocycles. The first-order valence-corrected chi connectivity index (χ1v) is 8.25. The van der Waals surface area contributed by atoms with E-state index in [0.29, 0.717) is 37.5 Å². The van der Waals surface area contributed by atoms with Gasteiger partial charge in [0, 0.05) is 31.7 Å². The topological polar surface area (TPSA) is 75.9 Å². The van der Waals surface area contributed by atoms with Crippen molar-refractivity contribution in [3.8, 4) is 11.5 Å². The Morgan fingerprint density at radius 2 is 1.48 bits per heavy atom. The lowest BCUT2D eigenvalue weighted by Gasteiger charge is -2.34. The summed E-state index contributed by atoms with van der Waals surface area (Å²) in [7, 11) is 0. The number of carbonyl (C=O) groups excluding carboxylic acids is 2. The summed E-state index contributed by atoms with van der Waals surface area (Å²) in [6, 6.07) is 16.6. The first-order chi connectivity index (χ1) is 12.1. The molecule has 1 fully saturated rings. The molecule has 25 heavy (non-hydrogen) atoms. The van der Waals surface area contributed by atoms with E-state index in [0.717, 1.165) is 5.75 Å². The normalized spacial score (nSPS) is 15.0. The maximum absolute atomic E-state index is 12.6. The Labute approximate surface area is 146 Å². The molecule has 0 unspecified atom stereocenters. The van der Waals surface area contributed by atoms with Crippen molar-refractivity contribution in [1.29, 1.82) is 0 Å². The number of benzene rings is 2. The van der Waals surface area contributed by atoms with E-state index >= 15 is 0 Å². The van der Waals surface area contributed by atoms with Gasteiger partial charge in [0.25, 0.3) is 5.91 Å². The van der Waals surface area contributed by atoms with E-state index in [-0.39, 0.29) is 18.4 Å². The number of primary amides is 1. The molecule has 0 radical (unpaired) electrons. The van der Waals surface area contributed by atoms with Crippen molar-refractivity contribution < 1.29 is 14.3 Å². The largest absolute Gasteiger partial charge is 0.457 e. The van der Waals surface area contributed by atoms with Crippen LogP contribution in [0, 0.1) is 0 Å². The third kappa shape index (κ3) is 4.58. The Balaban J connectivity index is 1.57. The van der Waals surface area contributed by atoms with Gasteiger partial charge in [0.05, 0.1) is 6.54 Å². The molecule has 0 atom stereocenters. The molecule has 130 valence electrons. The Kier molecular flexibility index (Phi) is 5.30. The third-order valence-corrected chi connectivity index (χ3v) is 4.12. The molecule has 1 heterocycles. The molecule has 1 aliphatic heterocycles. The first-order valence-electron chi connectivity index (χ1n) is 8.25. The lowest BCUT2D eigenvalue weighted by molar-refractivity contribution is -0.119. The quantitative estimate of drug-likeness (QED) is 0.900. The van der Waals surface area contributed by atoms with E-state index in [9.17, 15) is 9.59 Å². The highest BCUT2D eigenvalue weighted by molar-refractivity contribution is 5.94. The molecule has 2 aromatic carbocycles. The summed E-state index contributed by atoms with van der Waals surface area (Å²) in [6.07, 6.45) is 0. The van der Waals surface area contributed by atoms with Gasteiger partial charge >= 0.3 is 0 Å². The van der Waals surface area contributed by atoms with Crippen LogP contribution >= 0.6 is 0 Å². The van der Waals surface area contributed by atoms with Gasteiger partial charge in [-0.05, 0) is 36.4 Å². The molecule has 3 rings (SSSR count). The smallest absolute Gasteiger partial charge is 0.253 e. The van der Waals surface area contributed by atoms with Crippen molar-refractivity contribution in [2.45, 2.75) is 0 Å². The summed E-state index contributed by atoms with van der Waals surface area (Å²) in [6.45, 7) is 2.74. The van der Waals surface area contributed by atoms with Gasteiger partial charge in [0.15, 0.2) is 0 Å². The minimum Gasteiger partial charge on any atom is -0.457 e. The van der Waals surface area contributed by atoms with Gasteiger partial charge in [-0.2, -0.15) is 0 Å². The SMILES string of the molecule is NC(=O)CN1CCN(C(=O)c2ccc(Oc3ccccc3)cc2)CC1. The molecule has 2 aromatic rings. The van der Waals surface area contributed by atoms with Crippen molar-refractivity contribution >= 4 is 11.8 Å². The van der Waals surface area contributed by atoms with Gasteiger partial charge in [0.2, 0.25) is 5.91 Å². The lowest BCUT2D eigenvalue weighted by Crippen LogP contribution is -2.50. The van der Waals surface area contributed by atoms with Crippen LogP contribution in [-0.4, -0.2) is 54.3 Å². The standard InChI is InChI=1S/C19H21N3O3/c20-18(23)14-21-10-12-22(13-11-21)19(24)15-6-8-17(9-7-15)25-16-4-2-1-3-5-16/h1-9H,10-14H2,(H2,20,23). The predicted octanol–water partition coefficient (Wildman–Crippen LogP) is 1.72. The highest BCUT2D eigenvalue weighted by Gasteiger charge is 2.22. The van der Waals surface area contributed by atoms with Crippen LogP contribution in [0.3, 0.4) is 0 Å². The van der Waals surface area contributed by atoms with Gasteiger partial charge in [-0.3, -0.25) is 14.5 Å². The maximum atomic E-state index is 12.6. The molecule has 0 spiro atoms. The predicted molar refractivity (Wildman–Crippen MR) is 94.5 cm³/mol. The van der Waals surface area contributed by atoms with Crippen LogP contribution in [0.15, 0.2) is 54.6 Å². The number of nitrogens with two attached hydrogens (primary N) is 1. The number of piperazine rings is 1. The molecule has 1 aliphatic rings. The molecular weight excluding hydrogens is 318 g/mol. The fourth-order valence-corrected chi connectivity index (χ4v) is 2.80. The van der Waals surface area contributed by atoms with Crippen LogP contribution in [-0.2, 0) is 4.79 Å². The number of hydrogen-bond acceptors (Lipinski definition) is 4. The molecule has 1 saturated heterocycles.